The number of rotatable bonds is 13. The van der Waals surface area contributed by atoms with E-state index >= 15 is 0 Å². The van der Waals surface area contributed by atoms with Crippen molar-refractivity contribution < 1.29 is 97.4 Å². The third-order valence-electron chi connectivity index (χ3n) is 4.57. The molecule has 0 aromatic rings. The molecular weight excluding hydrogens is 636 g/mol. The number of nitrogens with zero attached hydrogens (tertiary/aromatic N) is 1. The molecule has 230 valence electrons. The molecule has 0 spiro atoms. The van der Waals surface area contributed by atoms with Gasteiger partial charge in [-0.15, -0.1) is 0 Å². The lowest BCUT2D eigenvalue weighted by Gasteiger charge is -2.43. The number of hydrogen-bond acceptors (Lipinski definition) is 3. The van der Waals surface area contributed by atoms with E-state index in [1.165, 1.54) is 0 Å². The average Bonchev–Trinajstić information content (AvgIpc) is 2.68. The number of hydrogen-bond donors (Lipinski definition) is 2. The summed E-state index contributed by atoms with van der Waals surface area (Å²) in [5.41, 5.74) is 0. The van der Waals surface area contributed by atoms with Gasteiger partial charge < -0.3 is 9.79 Å². The minimum Gasteiger partial charge on any atom is -0.324 e. The second-order valence-corrected chi connectivity index (χ2v) is 11.0. The van der Waals surface area contributed by atoms with E-state index in [9.17, 15) is 87.6 Å². The van der Waals surface area contributed by atoms with Gasteiger partial charge in [0.1, 0.15) is 0 Å². The zero-order valence-electron chi connectivity index (χ0n) is 17.7. The van der Waals surface area contributed by atoms with Crippen LogP contribution in [0.2, 0.25) is 0 Å². The van der Waals surface area contributed by atoms with Crippen molar-refractivity contribution >= 4 is 17.6 Å². The standard InChI is InChI=1S/C13H13F17NO5PS/c1-2-31(4-3-5-37(32,33)34)38(35,36)13(29,30)11(24,25)9(20,21)7(16,17)6(14,15)8(18,19)10(22,23)12(26,27)28/h2-5H2,1H3,(H2,32,33,34). The van der Waals surface area contributed by atoms with Crippen LogP contribution >= 0.6 is 7.60 Å². The van der Waals surface area contributed by atoms with Gasteiger partial charge in [0.2, 0.25) is 0 Å². The van der Waals surface area contributed by atoms with Gasteiger partial charge in [0.25, 0.3) is 10.0 Å². The maximum atomic E-state index is 14.1. The van der Waals surface area contributed by atoms with Crippen LogP contribution in [0.15, 0.2) is 0 Å². The lowest BCUT2D eigenvalue weighted by Crippen LogP contribution is -2.75. The van der Waals surface area contributed by atoms with Crippen LogP contribution in [0.1, 0.15) is 13.3 Å². The van der Waals surface area contributed by atoms with Crippen molar-refractivity contribution in [1.82, 2.24) is 4.31 Å². The first-order valence-corrected chi connectivity index (χ1v) is 12.2. The molecule has 25 heteroatoms. The minimum absolute atomic E-state index is 0.462. The summed E-state index contributed by atoms with van der Waals surface area (Å²) in [6, 6.07) is 0. The summed E-state index contributed by atoms with van der Waals surface area (Å²) >= 11 is 0. The molecule has 0 aromatic carbocycles. The lowest BCUT2D eigenvalue weighted by atomic mass is 9.91. The quantitative estimate of drug-likeness (QED) is 0.212. The average molecular weight is 649 g/mol. The first-order chi connectivity index (χ1) is 16.2. The van der Waals surface area contributed by atoms with Gasteiger partial charge >= 0.3 is 54.6 Å². The minimum atomic E-state index is -8.93. The Morgan fingerprint density at radius 2 is 0.947 bits per heavy atom. The van der Waals surface area contributed by atoms with Gasteiger partial charge in [-0.1, -0.05) is 6.92 Å². The maximum Gasteiger partial charge on any atom is 0.460 e. The van der Waals surface area contributed by atoms with E-state index in [0.717, 1.165) is 0 Å². The van der Waals surface area contributed by atoms with Gasteiger partial charge in [0.05, 0.1) is 6.16 Å². The van der Waals surface area contributed by atoms with Crippen LogP contribution in [-0.4, -0.2) is 88.7 Å². The highest BCUT2D eigenvalue weighted by Crippen LogP contribution is 2.64. The fraction of sp³-hybridized carbons (Fsp3) is 1.00. The summed E-state index contributed by atoms with van der Waals surface area (Å²) in [5, 5.41) is -7.71. The van der Waals surface area contributed by atoms with Crippen molar-refractivity contribution in [3.05, 3.63) is 0 Å². The van der Waals surface area contributed by atoms with Crippen LogP contribution in [0.25, 0.3) is 0 Å². The van der Waals surface area contributed by atoms with Gasteiger partial charge in [-0.2, -0.15) is 78.9 Å². The monoisotopic (exact) mass is 649 g/mol. The van der Waals surface area contributed by atoms with E-state index in [1.54, 1.807) is 0 Å². The van der Waals surface area contributed by atoms with Crippen LogP contribution in [-0.2, 0) is 14.6 Å². The fourth-order valence-electron chi connectivity index (χ4n) is 2.37. The second kappa shape index (κ2) is 10.1. The molecule has 0 bridgehead atoms. The number of sulfonamides is 1. The fourth-order valence-corrected chi connectivity index (χ4v) is 4.41. The van der Waals surface area contributed by atoms with Crippen molar-refractivity contribution in [3.63, 3.8) is 0 Å². The van der Waals surface area contributed by atoms with Crippen LogP contribution < -0.4 is 0 Å². The SMILES string of the molecule is CCN(CCCP(=O)(O)O)S(=O)(=O)C(F)(F)C(F)(F)C(F)(F)C(F)(F)C(F)(F)C(F)(F)C(F)(F)C(F)(F)F. The summed E-state index contributed by atoms with van der Waals surface area (Å²) in [4.78, 5) is 17.2. The molecule has 0 heterocycles. The van der Waals surface area contributed by atoms with E-state index in [-0.39, 0.29) is 0 Å². The third kappa shape index (κ3) is 5.42. The molecule has 0 amide bonds. The molecule has 0 fully saturated rings. The maximum absolute atomic E-state index is 14.1. The van der Waals surface area contributed by atoms with E-state index in [0.29, 0.717) is 6.92 Å². The Balaban J connectivity index is 6.84. The normalized spacial score (nSPS) is 16.3. The molecule has 2 N–H and O–H groups in total. The van der Waals surface area contributed by atoms with Crippen molar-refractivity contribution in [2.45, 2.75) is 60.3 Å². The first-order valence-electron chi connectivity index (χ1n) is 8.92. The summed E-state index contributed by atoms with van der Waals surface area (Å²) in [6.45, 7) is -2.67. The Morgan fingerprint density at radius 3 is 1.24 bits per heavy atom. The van der Waals surface area contributed by atoms with Crippen molar-refractivity contribution in [3.8, 4) is 0 Å². The second-order valence-electron chi connectivity index (χ2n) is 7.20. The molecule has 0 radical (unpaired) electrons. The van der Waals surface area contributed by atoms with E-state index in [2.05, 4.69) is 0 Å². The highest BCUT2D eigenvalue weighted by Gasteiger charge is 2.96. The molecule has 0 aromatic heterocycles. The van der Waals surface area contributed by atoms with Gasteiger partial charge in [0.15, 0.2) is 0 Å². The van der Waals surface area contributed by atoms with Crippen molar-refractivity contribution in [2.24, 2.45) is 0 Å². The molecule has 6 nitrogen and oxygen atoms in total. The molecule has 0 saturated carbocycles. The summed E-state index contributed by atoms with van der Waals surface area (Å²) in [7, 11) is -12.5. The predicted molar refractivity (Wildman–Crippen MR) is 88.4 cm³/mol. The van der Waals surface area contributed by atoms with Gasteiger partial charge in [-0.3, -0.25) is 4.57 Å². The zero-order valence-corrected chi connectivity index (χ0v) is 19.4. The van der Waals surface area contributed by atoms with Gasteiger partial charge in [0, 0.05) is 13.1 Å². The van der Waals surface area contributed by atoms with E-state index in [4.69, 9.17) is 9.79 Å². The molecule has 0 saturated heterocycles. The smallest absolute Gasteiger partial charge is 0.324 e. The Hall–Kier alpha value is -1.13. The first kappa shape index (κ1) is 36.9. The molecular formula is C13H13F17NO5PS. The van der Waals surface area contributed by atoms with Crippen LogP contribution in [0.5, 0.6) is 0 Å². The van der Waals surface area contributed by atoms with E-state index in [1.807, 2.05) is 0 Å². The molecule has 0 aliphatic carbocycles. The summed E-state index contributed by atoms with van der Waals surface area (Å²) in [6.07, 6.45) is -10.5. The highest BCUT2D eigenvalue weighted by atomic mass is 32.2. The predicted octanol–water partition coefficient (Wildman–Crippen LogP) is 5.17. The molecule has 0 aliphatic rings. The molecule has 0 atom stereocenters. The third-order valence-corrected chi connectivity index (χ3v) is 7.49. The Bertz CT molecular complexity index is 1010. The van der Waals surface area contributed by atoms with Gasteiger partial charge in [-0.05, 0) is 6.42 Å². The summed E-state index contributed by atoms with van der Waals surface area (Å²) in [5.74, 6) is -52.1. The zero-order chi connectivity index (χ0) is 31.4. The lowest BCUT2D eigenvalue weighted by molar-refractivity contribution is -0.458. The van der Waals surface area contributed by atoms with Crippen molar-refractivity contribution in [2.75, 3.05) is 19.3 Å². The highest BCUT2D eigenvalue weighted by molar-refractivity contribution is 7.90. The molecule has 0 aliphatic heterocycles. The van der Waals surface area contributed by atoms with Crippen molar-refractivity contribution in [1.29, 1.82) is 0 Å². The Morgan fingerprint density at radius 1 is 0.632 bits per heavy atom. The topological polar surface area (TPSA) is 94.9 Å². The Labute approximate surface area is 200 Å². The Kier molecular flexibility index (Phi) is 9.75. The molecule has 0 rings (SSSR count). The number of halogens is 17. The molecule has 0 unspecified atom stereocenters. The largest absolute Gasteiger partial charge is 0.460 e. The van der Waals surface area contributed by atoms with Gasteiger partial charge in [-0.25, -0.2) is 8.42 Å². The summed E-state index contributed by atoms with van der Waals surface area (Å²) < 4.78 is 259. The van der Waals surface area contributed by atoms with E-state index < -0.39 is 94.6 Å². The van der Waals surface area contributed by atoms with Crippen LogP contribution in [0.4, 0.5) is 74.6 Å². The van der Waals surface area contributed by atoms with Crippen LogP contribution in [0.3, 0.4) is 0 Å². The number of alkyl halides is 17. The molecule has 38 heavy (non-hydrogen) atoms. The van der Waals surface area contributed by atoms with Crippen LogP contribution in [0, 0.1) is 0 Å².